The predicted octanol–water partition coefficient (Wildman–Crippen LogP) is 2.41. The molecule has 106 valence electrons. The Labute approximate surface area is 118 Å². The van der Waals surface area contributed by atoms with Gasteiger partial charge in [0.25, 0.3) is 5.91 Å². The number of carbonyl (C=O) groups excluding carboxylic acids is 1. The molecule has 4 nitrogen and oxygen atoms in total. The minimum Gasteiger partial charge on any atom is -0.398 e. The highest BCUT2D eigenvalue weighted by Crippen LogP contribution is 2.28. The SMILES string of the molecule is Cc1sc(C(=O)N(CCO)C2CCCCC2)cc1N. The van der Waals surface area contributed by atoms with Crippen molar-refractivity contribution >= 4 is 22.9 Å². The third kappa shape index (κ3) is 3.28. The number of nitrogens with two attached hydrogens (primary N) is 1. The molecule has 0 unspecified atom stereocenters. The number of hydrogen-bond donors (Lipinski definition) is 2. The van der Waals surface area contributed by atoms with Crippen LogP contribution in [0.25, 0.3) is 0 Å². The third-order valence-electron chi connectivity index (χ3n) is 3.78. The highest BCUT2D eigenvalue weighted by atomic mass is 32.1. The zero-order valence-electron chi connectivity index (χ0n) is 11.4. The van der Waals surface area contributed by atoms with Gasteiger partial charge in [-0.2, -0.15) is 0 Å². The van der Waals surface area contributed by atoms with Gasteiger partial charge < -0.3 is 15.7 Å². The molecule has 1 aromatic heterocycles. The van der Waals surface area contributed by atoms with Crippen molar-refractivity contribution < 1.29 is 9.90 Å². The van der Waals surface area contributed by atoms with E-state index in [0.717, 1.165) is 17.7 Å². The molecule has 0 aromatic carbocycles. The Morgan fingerprint density at radius 2 is 2.16 bits per heavy atom. The second kappa shape index (κ2) is 6.39. The highest BCUT2D eigenvalue weighted by Gasteiger charge is 2.27. The molecule has 2 rings (SSSR count). The van der Waals surface area contributed by atoms with E-state index in [1.807, 2.05) is 11.8 Å². The van der Waals surface area contributed by atoms with E-state index in [2.05, 4.69) is 0 Å². The first-order valence-corrected chi connectivity index (χ1v) is 7.73. The lowest BCUT2D eigenvalue weighted by Gasteiger charge is -2.33. The van der Waals surface area contributed by atoms with Crippen LogP contribution >= 0.6 is 11.3 Å². The fraction of sp³-hybridized carbons (Fsp3) is 0.643. The maximum Gasteiger partial charge on any atom is 0.264 e. The number of rotatable bonds is 4. The number of aliphatic hydroxyl groups excluding tert-OH is 1. The molecule has 0 aliphatic heterocycles. The lowest BCUT2D eigenvalue weighted by Crippen LogP contribution is -2.42. The molecule has 0 saturated heterocycles. The van der Waals surface area contributed by atoms with Crippen molar-refractivity contribution in [2.24, 2.45) is 0 Å². The molecule has 1 aliphatic carbocycles. The summed E-state index contributed by atoms with van der Waals surface area (Å²) in [4.78, 5) is 16.1. The summed E-state index contributed by atoms with van der Waals surface area (Å²) in [6.45, 7) is 2.36. The van der Waals surface area contributed by atoms with E-state index < -0.39 is 0 Å². The summed E-state index contributed by atoms with van der Waals surface area (Å²) < 4.78 is 0. The van der Waals surface area contributed by atoms with Crippen LogP contribution < -0.4 is 5.73 Å². The van der Waals surface area contributed by atoms with Gasteiger partial charge in [-0.05, 0) is 25.8 Å². The lowest BCUT2D eigenvalue weighted by molar-refractivity contribution is 0.0590. The Bertz CT molecular complexity index is 419. The van der Waals surface area contributed by atoms with Gasteiger partial charge in [0.1, 0.15) is 0 Å². The number of nitrogens with zero attached hydrogens (tertiary/aromatic N) is 1. The standard InChI is InChI=1S/C14H22N2O2S/c1-10-12(15)9-13(19-10)14(18)16(7-8-17)11-5-3-2-4-6-11/h9,11,17H,2-8,15H2,1H3. The molecule has 5 heteroatoms. The van der Waals surface area contributed by atoms with Crippen molar-refractivity contribution in [1.29, 1.82) is 0 Å². The van der Waals surface area contributed by atoms with Crippen molar-refractivity contribution in [1.82, 2.24) is 4.90 Å². The first-order valence-electron chi connectivity index (χ1n) is 6.91. The van der Waals surface area contributed by atoms with E-state index in [9.17, 15) is 9.90 Å². The van der Waals surface area contributed by atoms with Gasteiger partial charge in [-0.3, -0.25) is 4.79 Å². The maximum absolute atomic E-state index is 12.6. The largest absolute Gasteiger partial charge is 0.398 e. The molecule has 19 heavy (non-hydrogen) atoms. The number of carbonyl (C=O) groups is 1. The van der Waals surface area contributed by atoms with Gasteiger partial charge in [-0.15, -0.1) is 11.3 Å². The van der Waals surface area contributed by atoms with Crippen LogP contribution in [0.1, 0.15) is 46.7 Å². The van der Waals surface area contributed by atoms with Gasteiger partial charge in [0.05, 0.1) is 11.5 Å². The average Bonchev–Trinajstić information content (AvgIpc) is 2.76. The van der Waals surface area contributed by atoms with Crippen molar-refractivity contribution in [2.75, 3.05) is 18.9 Å². The topological polar surface area (TPSA) is 66.6 Å². The first-order chi connectivity index (χ1) is 9.13. The smallest absolute Gasteiger partial charge is 0.264 e. The number of hydrogen-bond acceptors (Lipinski definition) is 4. The Morgan fingerprint density at radius 1 is 1.47 bits per heavy atom. The van der Waals surface area contributed by atoms with Crippen LogP contribution in [0.5, 0.6) is 0 Å². The summed E-state index contributed by atoms with van der Waals surface area (Å²) in [5.74, 6) is 0.0192. The van der Waals surface area contributed by atoms with Crippen molar-refractivity contribution in [3.8, 4) is 0 Å². The fourth-order valence-electron chi connectivity index (χ4n) is 2.69. The third-order valence-corrected chi connectivity index (χ3v) is 4.84. The zero-order valence-corrected chi connectivity index (χ0v) is 12.2. The van der Waals surface area contributed by atoms with E-state index in [1.54, 1.807) is 6.07 Å². The van der Waals surface area contributed by atoms with Crippen molar-refractivity contribution in [3.05, 3.63) is 15.8 Å². The number of thiophene rings is 1. The summed E-state index contributed by atoms with van der Waals surface area (Å²) in [6, 6.07) is 2.03. The molecule has 1 fully saturated rings. The number of amides is 1. The van der Waals surface area contributed by atoms with Crippen LogP contribution in [-0.2, 0) is 0 Å². The summed E-state index contributed by atoms with van der Waals surface area (Å²) >= 11 is 1.44. The van der Waals surface area contributed by atoms with Crippen LogP contribution in [0.3, 0.4) is 0 Å². The maximum atomic E-state index is 12.6. The normalized spacial score (nSPS) is 16.5. The van der Waals surface area contributed by atoms with Gasteiger partial charge in [0, 0.05) is 23.2 Å². The van der Waals surface area contributed by atoms with Crippen molar-refractivity contribution in [2.45, 2.75) is 45.1 Å². The molecule has 0 atom stereocenters. The number of aliphatic hydroxyl groups is 1. The average molecular weight is 282 g/mol. The molecule has 0 bridgehead atoms. The van der Waals surface area contributed by atoms with Gasteiger partial charge in [-0.25, -0.2) is 0 Å². The molecular formula is C14H22N2O2S. The van der Waals surface area contributed by atoms with Crippen LogP contribution in [0.4, 0.5) is 5.69 Å². The highest BCUT2D eigenvalue weighted by molar-refractivity contribution is 7.14. The molecule has 0 spiro atoms. The molecule has 1 aliphatic rings. The lowest BCUT2D eigenvalue weighted by atomic mass is 9.94. The molecule has 1 saturated carbocycles. The van der Waals surface area contributed by atoms with Crippen LogP contribution in [-0.4, -0.2) is 35.1 Å². The monoisotopic (exact) mass is 282 g/mol. The molecular weight excluding hydrogens is 260 g/mol. The first kappa shape index (κ1) is 14.3. The number of anilines is 1. The van der Waals surface area contributed by atoms with Crippen LogP contribution in [0.15, 0.2) is 6.07 Å². The predicted molar refractivity (Wildman–Crippen MR) is 78.5 cm³/mol. The minimum atomic E-state index is 0.0160. The van der Waals surface area contributed by atoms with E-state index in [4.69, 9.17) is 5.73 Å². The Morgan fingerprint density at radius 3 is 2.68 bits per heavy atom. The van der Waals surface area contributed by atoms with Gasteiger partial charge in [0.2, 0.25) is 0 Å². The van der Waals surface area contributed by atoms with Gasteiger partial charge in [-0.1, -0.05) is 19.3 Å². The Kier molecular flexibility index (Phi) is 4.82. The molecule has 3 N–H and O–H groups in total. The Balaban J connectivity index is 2.15. The number of nitrogen functional groups attached to an aromatic ring is 1. The minimum absolute atomic E-state index is 0.0160. The second-order valence-electron chi connectivity index (χ2n) is 5.14. The van der Waals surface area contributed by atoms with E-state index in [1.165, 1.54) is 30.6 Å². The van der Waals surface area contributed by atoms with Gasteiger partial charge in [0.15, 0.2) is 0 Å². The summed E-state index contributed by atoms with van der Waals surface area (Å²) in [7, 11) is 0. The fourth-order valence-corrected chi connectivity index (χ4v) is 3.59. The van der Waals surface area contributed by atoms with E-state index in [-0.39, 0.29) is 18.6 Å². The second-order valence-corrected chi connectivity index (χ2v) is 6.39. The Hall–Kier alpha value is -1.07. The van der Waals surface area contributed by atoms with Crippen LogP contribution in [0, 0.1) is 6.92 Å². The van der Waals surface area contributed by atoms with Crippen molar-refractivity contribution in [3.63, 3.8) is 0 Å². The molecule has 1 aromatic rings. The van der Waals surface area contributed by atoms with E-state index in [0.29, 0.717) is 17.1 Å². The molecule has 1 amide bonds. The van der Waals surface area contributed by atoms with Gasteiger partial charge >= 0.3 is 0 Å². The number of aryl methyl sites for hydroxylation is 1. The molecule has 0 radical (unpaired) electrons. The zero-order chi connectivity index (χ0) is 13.8. The van der Waals surface area contributed by atoms with Crippen LogP contribution in [0.2, 0.25) is 0 Å². The molecule has 1 heterocycles. The quantitative estimate of drug-likeness (QED) is 0.891. The van der Waals surface area contributed by atoms with E-state index >= 15 is 0 Å². The summed E-state index contributed by atoms with van der Waals surface area (Å²) in [6.07, 6.45) is 5.69. The summed E-state index contributed by atoms with van der Waals surface area (Å²) in [5, 5.41) is 9.21. The summed E-state index contributed by atoms with van der Waals surface area (Å²) in [5.41, 5.74) is 6.50.